The fourth-order valence-corrected chi connectivity index (χ4v) is 3.90. The molecule has 0 aromatic carbocycles. The van der Waals surface area contributed by atoms with Crippen molar-refractivity contribution in [2.45, 2.75) is 52.5 Å². The average molecular weight is 288 g/mol. The van der Waals surface area contributed by atoms with Crippen LogP contribution in [0.25, 0.3) is 0 Å². The van der Waals surface area contributed by atoms with Crippen LogP contribution < -0.4 is 4.90 Å². The van der Waals surface area contributed by atoms with E-state index in [4.69, 9.17) is 0 Å². The highest BCUT2D eigenvalue weighted by atomic mass is 15.3. The van der Waals surface area contributed by atoms with Crippen LogP contribution in [0.4, 0.5) is 5.82 Å². The van der Waals surface area contributed by atoms with Crippen molar-refractivity contribution in [2.75, 3.05) is 31.1 Å². The molecule has 4 nitrogen and oxygen atoms in total. The van der Waals surface area contributed by atoms with Gasteiger partial charge in [0.2, 0.25) is 0 Å². The van der Waals surface area contributed by atoms with Gasteiger partial charge in [0, 0.05) is 31.1 Å². The van der Waals surface area contributed by atoms with E-state index >= 15 is 0 Å². The Morgan fingerprint density at radius 2 is 2.05 bits per heavy atom. The summed E-state index contributed by atoms with van der Waals surface area (Å²) in [6.45, 7) is 11.5. The summed E-state index contributed by atoms with van der Waals surface area (Å²) in [7, 11) is 0. The molecule has 4 heteroatoms. The molecular formula is C17H28N4. The van der Waals surface area contributed by atoms with Crippen LogP contribution in [0.1, 0.15) is 45.2 Å². The van der Waals surface area contributed by atoms with Crippen molar-refractivity contribution < 1.29 is 0 Å². The third-order valence-corrected chi connectivity index (χ3v) is 5.45. The van der Waals surface area contributed by atoms with Crippen molar-refractivity contribution in [3.8, 4) is 0 Å². The summed E-state index contributed by atoms with van der Waals surface area (Å²) >= 11 is 0. The van der Waals surface area contributed by atoms with Gasteiger partial charge in [0.15, 0.2) is 5.82 Å². The summed E-state index contributed by atoms with van der Waals surface area (Å²) in [5, 5.41) is 8.61. The van der Waals surface area contributed by atoms with Gasteiger partial charge in [0.1, 0.15) is 0 Å². The zero-order valence-corrected chi connectivity index (χ0v) is 13.7. The molecule has 2 aliphatic rings. The molecule has 0 aliphatic carbocycles. The van der Waals surface area contributed by atoms with E-state index < -0.39 is 0 Å². The van der Waals surface area contributed by atoms with Crippen LogP contribution >= 0.6 is 0 Å². The molecule has 1 spiro atoms. The average Bonchev–Trinajstić information content (AvgIpc) is 2.91. The molecule has 3 rings (SSSR count). The van der Waals surface area contributed by atoms with E-state index in [9.17, 15) is 0 Å². The Kier molecular flexibility index (Phi) is 4.16. The lowest BCUT2D eigenvalue weighted by Crippen LogP contribution is -2.46. The highest BCUT2D eigenvalue weighted by Gasteiger charge is 2.42. The monoisotopic (exact) mass is 288 g/mol. The highest BCUT2D eigenvalue weighted by molar-refractivity contribution is 5.38. The Bertz CT molecular complexity index is 472. The van der Waals surface area contributed by atoms with E-state index in [1.165, 1.54) is 38.8 Å². The quantitative estimate of drug-likeness (QED) is 0.856. The van der Waals surface area contributed by atoms with Crippen molar-refractivity contribution in [1.29, 1.82) is 0 Å². The number of aromatic nitrogens is 2. The van der Waals surface area contributed by atoms with Crippen LogP contribution in [0.2, 0.25) is 0 Å². The van der Waals surface area contributed by atoms with Crippen molar-refractivity contribution in [3.63, 3.8) is 0 Å². The standard InChI is InChI=1S/C17H28N4/c1-4-15(3)20-11-9-17(12-20)8-5-10-21(13-17)16-7-6-14(2)18-19-16/h6-7,15H,4-5,8-13H2,1-3H3. The Labute approximate surface area is 128 Å². The molecule has 0 amide bonds. The van der Waals surface area contributed by atoms with Crippen LogP contribution in [0, 0.1) is 12.3 Å². The molecule has 0 saturated carbocycles. The van der Waals surface area contributed by atoms with Gasteiger partial charge in [0.25, 0.3) is 0 Å². The Hall–Kier alpha value is -1.16. The third kappa shape index (κ3) is 3.05. The van der Waals surface area contributed by atoms with Gasteiger partial charge in [-0.05, 0) is 58.2 Å². The first-order valence-electron chi connectivity index (χ1n) is 8.41. The SMILES string of the molecule is CCC(C)N1CCC2(CCCN(c3ccc(C)nn3)C2)C1. The molecule has 2 fully saturated rings. The van der Waals surface area contributed by atoms with Crippen LogP contribution in [-0.4, -0.2) is 47.3 Å². The number of hydrogen-bond donors (Lipinski definition) is 0. The topological polar surface area (TPSA) is 32.3 Å². The summed E-state index contributed by atoms with van der Waals surface area (Å²) in [4.78, 5) is 5.14. The molecule has 2 unspecified atom stereocenters. The number of rotatable bonds is 3. The van der Waals surface area contributed by atoms with Gasteiger partial charge in [-0.2, -0.15) is 5.10 Å². The van der Waals surface area contributed by atoms with Crippen molar-refractivity contribution in [1.82, 2.24) is 15.1 Å². The molecule has 2 saturated heterocycles. The first-order valence-corrected chi connectivity index (χ1v) is 8.41. The van der Waals surface area contributed by atoms with Gasteiger partial charge in [-0.15, -0.1) is 5.10 Å². The first kappa shape index (κ1) is 14.8. The number of hydrogen-bond acceptors (Lipinski definition) is 4. The fraction of sp³-hybridized carbons (Fsp3) is 0.765. The second-order valence-corrected chi connectivity index (χ2v) is 7.04. The molecule has 3 heterocycles. The number of anilines is 1. The van der Waals surface area contributed by atoms with Gasteiger partial charge in [-0.1, -0.05) is 6.92 Å². The Morgan fingerprint density at radius 3 is 2.76 bits per heavy atom. The fourth-order valence-electron chi connectivity index (χ4n) is 3.90. The molecular weight excluding hydrogens is 260 g/mol. The van der Waals surface area contributed by atoms with Crippen LogP contribution in [0.5, 0.6) is 0 Å². The molecule has 1 aromatic heterocycles. The lowest BCUT2D eigenvalue weighted by atomic mass is 9.79. The molecule has 0 radical (unpaired) electrons. The molecule has 2 aliphatic heterocycles. The van der Waals surface area contributed by atoms with E-state index in [-0.39, 0.29) is 0 Å². The minimum Gasteiger partial charge on any atom is -0.355 e. The smallest absolute Gasteiger partial charge is 0.151 e. The molecule has 116 valence electrons. The summed E-state index contributed by atoms with van der Waals surface area (Å²) in [5.41, 5.74) is 1.48. The lowest BCUT2D eigenvalue weighted by molar-refractivity contribution is 0.188. The zero-order valence-electron chi connectivity index (χ0n) is 13.7. The number of likely N-dealkylation sites (tertiary alicyclic amines) is 1. The third-order valence-electron chi connectivity index (χ3n) is 5.45. The van der Waals surface area contributed by atoms with Gasteiger partial charge < -0.3 is 9.80 Å². The molecule has 1 aromatic rings. The van der Waals surface area contributed by atoms with Crippen LogP contribution in [-0.2, 0) is 0 Å². The predicted octanol–water partition coefficient (Wildman–Crippen LogP) is 2.88. The normalized spacial score (nSPS) is 28.2. The van der Waals surface area contributed by atoms with E-state index in [0.717, 1.165) is 30.6 Å². The summed E-state index contributed by atoms with van der Waals surface area (Å²) in [5.74, 6) is 1.06. The minimum atomic E-state index is 0.480. The van der Waals surface area contributed by atoms with Gasteiger partial charge >= 0.3 is 0 Å². The van der Waals surface area contributed by atoms with Crippen LogP contribution in [0.15, 0.2) is 12.1 Å². The summed E-state index contributed by atoms with van der Waals surface area (Å²) in [6.07, 6.45) is 5.25. The van der Waals surface area contributed by atoms with E-state index in [1.54, 1.807) is 0 Å². The number of aryl methyl sites for hydroxylation is 1. The number of piperidine rings is 1. The second kappa shape index (κ2) is 5.91. The predicted molar refractivity (Wildman–Crippen MR) is 86.6 cm³/mol. The van der Waals surface area contributed by atoms with E-state index in [0.29, 0.717) is 5.41 Å². The molecule has 0 bridgehead atoms. The maximum Gasteiger partial charge on any atom is 0.151 e. The minimum absolute atomic E-state index is 0.480. The Balaban J connectivity index is 1.70. The van der Waals surface area contributed by atoms with Crippen molar-refractivity contribution in [2.24, 2.45) is 5.41 Å². The van der Waals surface area contributed by atoms with Crippen molar-refractivity contribution >= 4 is 5.82 Å². The molecule has 0 N–H and O–H groups in total. The summed E-state index contributed by atoms with van der Waals surface area (Å²) < 4.78 is 0. The maximum absolute atomic E-state index is 4.39. The van der Waals surface area contributed by atoms with E-state index in [2.05, 4.69) is 46.0 Å². The molecule has 21 heavy (non-hydrogen) atoms. The molecule has 2 atom stereocenters. The largest absolute Gasteiger partial charge is 0.355 e. The van der Waals surface area contributed by atoms with Crippen LogP contribution in [0.3, 0.4) is 0 Å². The number of nitrogens with zero attached hydrogens (tertiary/aromatic N) is 4. The van der Waals surface area contributed by atoms with Gasteiger partial charge in [-0.25, -0.2) is 0 Å². The van der Waals surface area contributed by atoms with Gasteiger partial charge in [-0.3, -0.25) is 0 Å². The Morgan fingerprint density at radius 1 is 1.19 bits per heavy atom. The van der Waals surface area contributed by atoms with Crippen molar-refractivity contribution in [3.05, 3.63) is 17.8 Å². The maximum atomic E-state index is 4.39. The lowest BCUT2D eigenvalue weighted by Gasteiger charge is -2.41. The second-order valence-electron chi connectivity index (χ2n) is 7.04. The highest BCUT2D eigenvalue weighted by Crippen LogP contribution is 2.40. The van der Waals surface area contributed by atoms with E-state index in [1.807, 2.05) is 6.92 Å². The first-order chi connectivity index (χ1) is 10.1. The zero-order chi connectivity index (χ0) is 14.9. The summed E-state index contributed by atoms with van der Waals surface area (Å²) in [6, 6.07) is 4.92. The van der Waals surface area contributed by atoms with Gasteiger partial charge in [0.05, 0.1) is 5.69 Å².